The first kappa shape index (κ1) is 17.0. The number of hydrogen-bond acceptors (Lipinski definition) is 4. The maximum Gasteiger partial charge on any atom is 0.252 e. The van der Waals surface area contributed by atoms with E-state index in [0.717, 1.165) is 25.9 Å². The number of amides is 2. The molecule has 1 heterocycles. The van der Waals surface area contributed by atoms with Gasteiger partial charge in [0.15, 0.2) is 0 Å². The summed E-state index contributed by atoms with van der Waals surface area (Å²) in [6.07, 6.45) is 1.92. The molecule has 3 rings (SSSR count). The molecule has 1 aliphatic rings. The van der Waals surface area contributed by atoms with E-state index < -0.39 is 5.91 Å². The lowest BCUT2D eigenvalue weighted by Gasteiger charge is -2.21. The van der Waals surface area contributed by atoms with Gasteiger partial charge in [-0.3, -0.25) is 9.59 Å². The topological polar surface area (TPSA) is 93.5 Å². The van der Waals surface area contributed by atoms with Crippen LogP contribution < -0.4 is 21.1 Å². The molecule has 1 saturated heterocycles. The van der Waals surface area contributed by atoms with E-state index in [1.807, 2.05) is 0 Å². The van der Waals surface area contributed by atoms with Crippen LogP contribution >= 0.6 is 0 Å². The fourth-order valence-electron chi connectivity index (χ4n) is 2.81. The molecule has 2 amide bonds. The van der Waals surface area contributed by atoms with Crippen LogP contribution in [-0.4, -0.2) is 24.9 Å². The maximum atomic E-state index is 12.2. The van der Waals surface area contributed by atoms with Crippen molar-refractivity contribution in [3.63, 3.8) is 0 Å². The van der Waals surface area contributed by atoms with Crippen LogP contribution in [0, 0.1) is 5.92 Å². The van der Waals surface area contributed by atoms with Gasteiger partial charge in [-0.1, -0.05) is 12.1 Å². The Morgan fingerprint density at radius 2 is 1.88 bits per heavy atom. The van der Waals surface area contributed by atoms with Gasteiger partial charge in [0, 0.05) is 12.2 Å². The van der Waals surface area contributed by atoms with Crippen molar-refractivity contribution in [2.75, 3.05) is 18.4 Å². The van der Waals surface area contributed by atoms with Gasteiger partial charge in [-0.25, -0.2) is 0 Å². The zero-order chi connectivity index (χ0) is 17.6. The Labute approximate surface area is 146 Å². The molecule has 2 aromatic carbocycles. The Kier molecular flexibility index (Phi) is 5.30. The number of para-hydroxylation sites is 1. The number of rotatable bonds is 5. The summed E-state index contributed by atoms with van der Waals surface area (Å²) in [6.45, 7) is 1.69. The van der Waals surface area contributed by atoms with Gasteiger partial charge in [0.25, 0.3) is 5.91 Å². The Morgan fingerprint density at radius 3 is 2.56 bits per heavy atom. The van der Waals surface area contributed by atoms with Crippen molar-refractivity contribution >= 4 is 17.5 Å². The molecule has 0 aliphatic carbocycles. The Morgan fingerprint density at radius 1 is 1.12 bits per heavy atom. The summed E-state index contributed by atoms with van der Waals surface area (Å²) in [7, 11) is 0. The standard InChI is InChI=1S/C19H21N3O3/c20-18(23)16-5-1-2-6-17(16)25-15-9-7-14(8-10-15)22-19(24)13-4-3-11-21-12-13/h1-2,5-10,13,21H,3-4,11-12H2,(H2,20,23)(H,22,24). The minimum Gasteiger partial charge on any atom is -0.457 e. The monoisotopic (exact) mass is 339 g/mol. The quantitative estimate of drug-likeness (QED) is 0.780. The van der Waals surface area contributed by atoms with E-state index in [0.29, 0.717) is 22.7 Å². The first-order valence-electron chi connectivity index (χ1n) is 8.32. The lowest BCUT2D eigenvalue weighted by molar-refractivity contribution is -0.120. The molecule has 25 heavy (non-hydrogen) atoms. The van der Waals surface area contributed by atoms with E-state index in [1.54, 1.807) is 48.5 Å². The van der Waals surface area contributed by atoms with Crippen molar-refractivity contribution < 1.29 is 14.3 Å². The van der Waals surface area contributed by atoms with Gasteiger partial charge in [-0.2, -0.15) is 0 Å². The van der Waals surface area contributed by atoms with Gasteiger partial charge < -0.3 is 21.1 Å². The molecule has 4 N–H and O–H groups in total. The predicted molar refractivity (Wildman–Crippen MR) is 95.7 cm³/mol. The van der Waals surface area contributed by atoms with Crippen molar-refractivity contribution in [3.8, 4) is 11.5 Å². The molecular weight excluding hydrogens is 318 g/mol. The number of nitrogens with two attached hydrogens (primary N) is 1. The molecule has 1 fully saturated rings. The average Bonchev–Trinajstić information content (AvgIpc) is 2.64. The third kappa shape index (κ3) is 4.36. The second-order valence-electron chi connectivity index (χ2n) is 6.02. The Bertz CT molecular complexity index is 753. The van der Waals surface area contributed by atoms with E-state index in [2.05, 4.69) is 10.6 Å². The van der Waals surface area contributed by atoms with Crippen molar-refractivity contribution in [2.45, 2.75) is 12.8 Å². The van der Waals surface area contributed by atoms with Crippen LogP contribution in [0.25, 0.3) is 0 Å². The number of ether oxygens (including phenoxy) is 1. The molecular formula is C19H21N3O3. The predicted octanol–water partition coefficient (Wildman–Crippen LogP) is 2.52. The zero-order valence-corrected chi connectivity index (χ0v) is 13.8. The average molecular weight is 339 g/mol. The van der Waals surface area contributed by atoms with Crippen molar-refractivity contribution in [2.24, 2.45) is 11.7 Å². The van der Waals surface area contributed by atoms with Gasteiger partial charge in [-0.15, -0.1) is 0 Å². The summed E-state index contributed by atoms with van der Waals surface area (Å²) in [5, 5.41) is 6.16. The molecule has 1 atom stereocenters. The van der Waals surface area contributed by atoms with Crippen LogP contribution in [0.4, 0.5) is 5.69 Å². The molecule has 0 saturated carbocycles. The number of benzene rings is 2. The summed E-state index contributed by atoms with van der Waals surface area (Å²) in [6, 6.07) is 13.8. The molecule has 1 aliphatic heterocycles. The zero-order valence-electron chi connectivity index (χ0n) is 13.8. The molecule has 0 bridgehead atoms. The van der Waals surface area contributed by atoms with Crippen LogP contribution in [-0.2, 0) is 4.79 Å². The number of carbonyl (C=O) groups excluding carboxylic acids is 2. The smallest absolute Gasteiger partial charge is 0.252 e. The number of primary amides is 1. The summed E-state index contributed by atoms with van der Waals surface area (Å²) in [5.41, 5.74) is 6.38. The highest BCUT2D eigenvalue weighted by molar-refractivity contribution is 5.95. The van der Waals surface area contributed by atoms with E-state index >= 15 is 0 Å². The van der Waals surface area contributed by atoms with Gasteiger partial charge in [0.1, 0.15) is 11.5 Å². The van der Waals surface area contributed by atoms with Crippen LogP contribution in [0.1, 0.15) is 23.2 Å². The molecule has 0 spiro atoms. The second-order valence-corrected chi connectivity index (χ2v) is 6.02. The number of hydrogen-bond donors (Lipinski definition) is 3. The largest absolute Gasteiger partial charge is 0.457 e. The number of carbonyl (C=O) groups is 2. The molecule has 0 radical (unpaired) electrons. The maximum absolute atomic E-state index is 12.2. The first-order chi connectivity index (χ1) is 12.1. The van der Waals surface area contributed by atoms with Crippen LogP contribution in [0.15, 0.2) is 48.5 Å². The fourth-order valence-corrected chi connectivity index (χ4v) is 2.81. The van der Waals surface area contributed by atoms with E-state index in [-0.39, 0.29) is 11.8 Å². The normalized spacial score (nSPS) is 16.9. The minimum atomic E-state index is -0.541. The molecule has 130 valence electrons. The second kappa shape index (κ2) is 7.81. The van der Waals surface area contributed by atoms with Gasteiger partial charge >= 0.3 is 0 Å². The van der Waals surface area contributed by atoms with Crippen LogP contribution in [0.3, 0.4) is 0 Å². The summed E-state index contributed by atoms with van der Waals surface area (Å²) in [5.74, 6) is 0.457. The highest BCUT2D eigenvalue weighted by atomic mass is 16.5. The molecule has 6 nitrogen and oxygen atoms in total. The Balaban J connectivity index is 1.64. The van der Waals surface area contributed by atoms with Gasteiger partial charge in [-0.05, 0) is 55.8 Å². The first-order valence-corrected chi connectivity index (χ1v) is 8.32. The molecule has 2 aromatic rings. The minimum absolute atomic E-state index is 0.00659. The van der Waals surface area contributed by atoms with Crippen LogP contribution in [0.5, 0.6) is 11.5 Å². The summed E-state index contributed by atoms with van der Waals surface area (Å²) < 4.78 is 5.72. The Hall–Kier alpha value is -2.86. The highest BCUT2D eigenvalue weighted by Gasteiger charge is 2.20. The van der Waals surface area contributed by atoms with E-state index in [1.165, 1.54) is 0 Å². The fraction of sp³-hybridized carbons (Fsp3) is 0.263. The summed E-state index contributed by atoms with van der Waals surface area (Å²) >= 11 is 0. The van der Waals surface area contributed by atoms with Gasteiger partial charge in [0.05, 0.1) is 11.5 Å². The highest BCUT2D eigenvalue weighted by Crippen LogP contribution is 2.26. The van der Waals surface area contributed by atoms with Gasteiger partial charge in [0.2, 0.25) is 5.91 Å². The number of nitrogens with one attached hydrogen (secondary N) is 2. The lowest BCUT2D eigenvalue weighted by Crippen LogP contribution is -2.37. The molecule has 0 aromatic heterocycles. The van der Waals surface area contributed by atoms with Crippen LogP contribution in [0.2, 0.25) is 0 Å². The molecule has 6 heteroatoms. The third-order valence-corrected chi connectivity index (χ3v) is 4.17. The molecule has 1 unspecified atom stereocenters. The van der Waals surface area contributed by atoms with E-state index in [4.69, 9.17) is 10.5 Å². The van der Waals surface area contributed by atoms with Crippen molar-refractivity contribution in [1.29, 1.82) is 0 Å². The number of piperidine rings is 1. The third-order valence-electron chi connectivity index (χ3n) is 4.17. The number of anilines is 1. The SMILES string of the molecule is NC(=O)c1ccccc1Oc1ccc(NC(=O)C2CCCNC2)cc1. The van der Waals surface area contributed by atoms with Crippen molar-refractivity contribution in [1.82, 2.24) is 5.32 Å². The van der Waals surface area contributed by atoms with Crippen molar-refractivity contribution in [3.05, 3.63) is 54.1 Å². The van der Waals surface area contributed by atoms with E-state index in [9.17, 15) is 9.59 Å². The lowest BCUT2D eigenvalue weighted by atomic mass is 9.99. The summed E-state index contributed by atoms with van der Waals surface area (Å²) in [4.78, 5) is 23.7.